The van der Waals surface area contributed by atoms with Gasteiger partial charge in [-0.2, -0.15) is 5.26 Å². The highest BCUT2D eigenvalue weighted by atomic mass is 16.5. The lowest BCUT2D eigenvalue weighted by atomic mass is 9.91. The molecule has 0 saturated carbocycles. The van der Waals surface area contributed by atoms with Gasteiger partial charge in [0.05, 0.1) is 19.2 Å². The quantitative estimate of drug-likeness (QED) is 0.582. The second kappa shape index (κ2) is 8.63. The van der Waals surface area contributed by atoms with Crippen LogP contribution in [0, 0.1) is 23.2 Å². The van der Waals surface area contributed by atoms with E-state index in [1.807, 2.05) is 18.7 Å². The molecule has 0 spiro atoms. The van der Waals surface area contributed by atoms with Crippen molar-refractivity contribution in [2.75, 3.05) is 26.2 Å². The molecule has 2 unspecified atom stereocenters. The Balaban J connectivity index is 2.61. The van der Waals surface area contributed by atoms with Gasteiger partial charge in [-0.25, -0.2) is 0 Å². The number of rotatable bonds is 6. The molecule has 1 rings (SSSR count). The van der Waals surface area contributed by atoms with Gasteiger partial charge in [0, 0.05) is 31.5 Å². The predicted molar refractivity (Wildman–Crippen MR) is 78.2 cm³/mol. The molecule has 1 aliphatic rings. The zero-order valence-electron chi connectivity index (χ0n) is 13.1. The van der Waals surface area contributed by atoms with Crippen LogP contribution in [0.25, 0.3) is 0 Å². The van der Waals surface area contributed by atoms with Crippen LogP contribution in [0.1, 0.15) is 33.6 Å². The average Bonchev–Trinajstić information content (AvgIpc) is 2.38. The topological polar surface area (TPSA) is 82.4 Å². The fraction of sp³-hybridized carbons (Fsp3) is 0.800. The molecule has 6 heteroatoms. The van der Waals surface area contributed by atoms with Crippen molar-refractivity contribution in [2.45, 2.75) is 39.7 Å². The third-order valence-electron chi connectivity index (χ3n) is 3.54. The third-order valence-corrected chi connectivity index (χ3v) is 3.54. The first kappa shape index (κ1) is 17.4. The standard InChI is InChI=1S/C15H25N3O3/c1-4-21-14(19)8-12-7-13(17-15(20)11(2)3)10-18(9-12)6-5-16/h11-13H,4,6-10H2,1-3H3,(H,17,20). The molecule has 2 atom stereocenters. The van der Waals surface area contributed by atoms with E-state index in [4.69, 9.17) is 10.00 Å². The Morgan fingerprint density at radius 1 is 1.43 bits per heavy atom. The minimum Gasteiger partial charge on any atom is -0.466 e. The first-order valence-electron chi connectivity index (χ1n) is 7.51. The van der Waals surface area contributed by atoms with Gasteiger partial charge in [0.1, 0.15) is 0 Å². The number of nitrogens with one attached hydrogen (secondary N) is 1. The molecule has 0 aliphatic carbocycles. The Kier molecular flexibility index (Phi) is 7.17. The van der Waals surface area contributed by atoms with E-state index in [9.17, 15) is 9.59 Å². The molecule has 1 fully saturated rings. The number of hydrogen-bond acceptors (Lipinski definition) is 5. The van der Waals surface area contributed by atoms with Crippen molar-refractivity contribution >= 4 is 11.9 Å². The van der Waals surface area contributed by atoms with Crippen LogP contribution < -0.4 is 5.32 Å². The highest BCUT2D eigenvalue weighted by Gasteiger charge is 2.30. The normalized spacial score (nSPS) is 22.6. The van der Waals surface area contributed by atoms with Crippen molar-refractivity contribution < 1.29 is 14.3 Å². The molecule has 6 nitrogen and oxygen atoms in total. The van der Waals surface area contributed by atoms with Crippen LogP contribution in [0.15, 0.2) is 0 Å². The molecule has 118 valence electrons. The summed E-state index contributed by atoms with van der Waals surface area (Å²) in [6, 6.07) is 2.12. The minimum atomic E-state index is -0.213. The number of esters is 1. The van der Waals surface area contributed by atoms with Crippen molar-refractivity contribution in [3.63, 3.8) is 0 Å². The predicted octanol–water partition coefficient (Wildman–Crippen LogP) is 0.926. The lowest BCUT2D eigenvalue weighted by molar-refractivity contribution is -0.144. The maximum Gasteiger partial charge on any atom is 0.306 e. The Labute approximate surface area is 126 Å². The summed E-state index contributed by atoms with van der Waals surface area (Å²) in [5.41, 5.74) is 0. The first-order valence-corrected chi connectivity index (χ1v) is 7.51. The summed E-state index contributed by atoms with van der Waals surface area (Å²) in [7, 11) is 0. The second-order valence-corrected chi connectivity index (χ2v) is 5.82. The van der Waals surface area contributed by atoms with Crippen molar-refractivity contribution in [2.24, 2.45) is 11.8 Å². The number of likely N-dealkylation sites (tertiary alicyclic amines) is 1. The molecule has 21 heavy (non-hydrogen) atoms. The van der Waals surface area contributed by atoms with Gasteiger partial charge in [0.2, 0.25) is 5.91 Å². The molecule has 0 aromatic carbocycles. The Morgan fingerprint density at radius 3 is 2.71 bits per heavy atom. The summed E-state index contributed by atoms with van der Waals surface area (Å²) >= 11 is 0. The second-order valence-electron chi connectivity index (χ2n) is 5.82. The number of piperidine rings is 1. The average molecular weight is 295 g/mol. The SMILES string of the molecule is CCOC(=O)CC1CC(NC(=O)C(C)C)CN(CC#N)C1. The summed E-state index contributed by atoms with van der Waals surface area (Å²) in [5.74, 6) is -0.160. The minimum absolute atomic E-state index is 0.00805. The summed E-state index contributed by atoms with van der Waals surface area (Å²) < 4.78 is 4.98. The van der Waals surface area contributed by atoms with E-state index in [0.717, 1.165) is 6.42 Å². The van der Waals surface area contributed by atoms with Gasteiger partial charge in [0.15, 0.2) is 0 Å². The van der Waals surface area contributed by atoms with Crippen LogP contribution in [-0.2, 0) is 14.3 Å². The van der Waals surface area contributed by atoms with Gasteiger partial charge in [-0.1, -0.05) is 13.8 Å². The zero-order valence-corrected chi connectivity index (χ0v) is 13.1. The van der Waals surface area contributed by atoms with Crippen molar-refractivity contribution in [1.29, 1.82) is 5.26 Å². The fourth-order valence-corrected chi connectivity index (χ4v) is 2.61. The van der Waals surface area contributed by atoms with E-state index in [-0.39, 0.29) is 29.8 Å². The van der Waals surface area contributed by atoms with Gasteiger partial charge < -0.3 is 10.1 Å². The van der Waals surface area contributed by atoms with E-state index in [1.165, 1.54) is 0 Å². The van der Waals surface area contributed by atoms with E-state index in [0.29, 0.717) is 32.7 Å². The Morgan fingerprint density at radius 2 is 2.14 bits per heavy atom. The van der Waals surface area contributed by atoms with Gasteiger partial charge >= 0.3 is 5.97 Å². The third kappa shape index (κ3) is 6.13. The number of hydrogen-bond donors (Lipinski definition) is 1. The fourth-order valence-electron chi connectivity index (χ4n) is 2.61. The van der Waals surface area contributed by atoms with Crippen LogP contribution >= 0.6 is 0 Å². The van der Waals surface area contributed by atoms with Gasteiger partial charge in [0.25, 0.3) is 0 Å². The largest absolute Gasteiger partial charge is 0.466 e. The van der Waals surface area contributed by atoms with Crippen molar-refractivity contribution in [3.05, 3.63) is 0 Å². The molecular formula is C15H25N3O3. The Bertz CT molecular complexity index is 403. The summed E-state index contributed by atoms with van der Waals surface area (Å²) in [5, 5.41) is 11.9. The van der Waals surface area contributed by atoms with Crippen LogP contribution in [-0.4, -0.2) is 49.1 Å². The molecule has 1 amide bonds. The molecular weight excluding hydrogens is 270 g/mol. The van der Waals surface area contributed by atoms with Gasteiger partial charge in [-0.05, 0) is 19.3 Å². The number of nitrogens with zero attached hydrogens (tertiary/aromatic N) is 2. The highest BCUT2D eigenvalue weighted by molar-refractivity contribution is 5.78. The summed E-state index contributed by atoms with van der Waals surface area (Å²) in [4.78, 5) is 25.4. The molecule has 0 bridgehead atoms. The van der Waals surface area contributed by atoms with Crippen molar-refractivity contribution in [3.8, 4) is 6.07 Å². The van der Waals surface area contributed by atoms with E-state index < -0.39 is 0 Å². The lowest BCUT2D eigenvalue weighted by Gasteiger charge is -2.36. The van der Waals surface area contributed by atoms with E-state index >= 15 is 0 Å². The summed E-state index contributed by atoms with van der Waals surface area (Å²) in [6.07, 6.45) is 1.09. The van der Waals surface area contributed by atoms with Gasteiger partial charge in [-0.3, -0.25) is 14.5 Å². The number of ether oxygens (including phenoxy) is 1. The molecule has 1 saturated heterocycles. The van der Waals surface area contributed by atoms with Crippen LogP contribution in [0.4, 0.5) is 0 Å². The van der Waals surface area contributed by atoms with Crippen LogP contribution in [0.5, 0.6) is 0 Å². The van der Waals surface area contributed by atoms with E-state index in [1.54, 1.807) is 6.92 Å². The molecule has 0 radical (unpaired) electrons. The lowest BCUT2D eigenvalue weighted by Crippen LogP contribution is -2.51. The number of amides is 1. The monoisotopic (exact) mass is 295 g/mol. The molecule has 1 aliphatic heterocycles. The van der Waals surface area contributed by atoms with Crippen molar-refractivity contribution in [1.82, 2.24) is 10.2 Å². The van der Waals surface area contributed by atoms with E-state index in [2.05, 4.69) is 11.4 Å². The van der Waals surface area contributed by atoms with Crippen LogP contribution in [0.3, 0.4) is 0 Å². The number of carbonyl (C=O) groups is 2. The van der Waals surface area contributed by atoms with Crippen LogP contribution in [0.2, 0.25) is 0 Å². The Hall–Kier alpha value is -1.61. The molecule has 1 N–H and O–H groups in total. The molecule has 0 aromatic rings. The van der Waals surface area contributed by atoms with Gasteiger partial charge in [-0.15, -0.1) is 0 Å². The number of nitriles is 1. The molecule has 1 heterocycles. The smallest absolute Gasteiger partial charge is 0.306 e. The maximum atomic E-state index is 11.8. The summed E-state index contributed by atoms with van der Waals surface area (Å²) in [6.45, 7) is 7.52. The first-order chi connectivity index (χ1) is 9.96. The molecule has 0 aromatic heterocycles. The maximum absolute atomic E-state index is 11.8. The number of carbonyl (C=O) groups excluding carboxylic acids is 2. The highest BCUT2D eigenvalue weighted by Crippen LogP contribution is 2.21. The zero-order chi connectivity index (χ0) is 15.8.